The van der Waals surface area contributed by atoms with Gasteiger partial charge in [0, 0.05) is 56.3 Å². The van der Waals surface area contributed by atoms with E-state index in [1.807, 2.05) is 6.07 Å². The molecule has 2 atom stereocenters. The van der Waals surface area contributed by atoms with Crippen molar-refractivity contribution in [2.75, 3.05) is 31.1 Å². The van der Waals surface area contributed by atoms with Crippen LogP contribution in [0.4, 0.5) is 5.95 Å². The van der Waals surface area contributed by atoms with Crippen LogP contribution in [0.5, 0.6) is 0 Å². The first-order valence-corrected chi connectivity index (χ1v) is 7.12. The molecule has 0 aromatic carbocycles. The van der Waals surface area contributed by atoms with Crippen LogP contribution in [0.1, 0.15) is 12.8 Å². The van der Waals surface area contributed by atoms with Gasteiger partial charge in [-0.15, -0.1) is 0 Å². The van der Waals surface area contributed by atoms with Crippen LogP contribution >= 0.6 is 0 Å². The number of nitrogens with zero attached hydrogens (tertiary/aromatic N) is 4. The van der Waals surface area contributed by atoms with Crippen molar-refractivity contribution in [3.63, 3.8) is 0 Å². The molecule has 3 fully saturated rings. The maximum absolute atomic E-state index is 12.1. The molecule has 4 rings (SSSR count). The van der Waals surface area contributed by atoms with Crippen LogP contribution in [-0.4, -0.2) is 47.0 Å². The summed E-state index contributed by atoms with van der Waals surface area (Å²) in [6.45, 7) is 3.85. The van der Waals surface area contributed by atoms with E-state index in [4.69, 9.17) is 0 Å². The number of amides is 1. The third kappa shape index (κ3) is 1.97. The number of carbonyl (C=O) groups excluding carboxylic acids is 1. The zero-order valence-corrected chi connectivity index (χ0v) is 10.9. The molecule has 5 nitrogen and oxygen atoms in total. The van der Waals surface area contributed by atoms with E-state index in [-0.39, 0.29) is 0 Å². The van der Waals surface area contributed by atoms with E-state index in [9.17, 15) is 4.79 Å². The monoisotopic (exact) mass is 258 g/mol. The van der Waals surface area contributed by atoms with E-state index in [1.165, 1.54) is 0 Å². The zero-order valence-electron chi connectivity index (χ0n) is 10.9. The largest absolute Gasteiger partial charge is 0.342 e. The Hall–Kier alpha value is -1.65. The van der Waals surface area contributed by atoms with Gasteiger partial charge in [-0.2, -0.15) is 0 Å². The fraction of sp³-hybridized carbons (Fsp3) is 0.643. The summed E-state index contributed by atoms with van der Waals surface area (Å²) in [6, 6.07) is 1.84. The standard InChI is InChI=1S/C14H18N4O/c19-13(10-2-3-10)17-6-11-8-18(9-12(11)7-17)14-15-4-1-5-16-14/h1,4-5,10-12H,2-3,6-9H2. The maximum atomic E-state index is 12.1. The van der Waals surface area contributed by atoms with Crippen molar-refractivity contribution < 1.29 is 4.79 Å². The molecule has 3 aliphatic rings. The topological polar surface area (TPSA) is 49.3 Å². The highest BCUT2D eigenvalue weighted by molar-refractivity contribution is 5.81. The summed E-state index contributed by atoms with van der Waals surface area (Å²) in [6.07, 6.45) is 5.79. The molecule has 2 unspecified atom stereocenters. The van der Waals surface area contributed by atoms with E-state index < -0.39 is 0 Å². The molecule has 5 heteroatoms. The molecule has 0 bridgehead atoms. The van der Waals surface area contributed by atoms with Gasteiger partial charge in [-0.25, -0.2) is 9.97 Å². The number of aromatic nitrogens is 2. The van der Waals surface area contributed by atoms with Crippen LogP contribution in [0.25, 0.3) is 0 Å². The molecule has 100 valence electrons. The fourth-order valence-electron chi connectivity index (χ4n) is 3.38. The first kappa shape index (κ1) is 11.2. The zero-order chi connectivity index (χ0) is 12.8. The molecular formula is C14H18N4O. The summed E-state index contributed by atoms with van der Waals surface area (Å²) < 4.78 is 0. The molecule has 1 aromatic heterocycles. The van der Waals surface area contributed by atoms with Gasteiger partial charge in [0.25, 0.3) is 0 Å². The van der Waals surface area contributed by atoms with Gasteiger partial charge in [0.05, 0.1) is 0 Å². The average molecular weight is 258 g/mol. The van der Waals surface area contributed by atoms with Crippen LogP contribution in [-0.2, 0) is 4.79 Å². The van der Waals surface area contributed by atoms with Crippen molar-refractivity contribution in [2.24, 2.45) is 17.8 Å². The number of hydrogen-bond donors (Lipinski definition) is 0. The Kier molecular flexibility index (Phi) is 2.47. The van der Waals surface area contributed by atoms with Crippen LogP contribution in [0.3, 0.4) is 0 Å². The van der Waals surface area contributed by atoms with E-state index >= 15 is 0 Å². The van der Waals surface area contributed by atoms with E-state index in [2.05, 4.69) is 19.8 Å². The molecule has 2 aliphatic heterocycles. The van der Waals surface area contributed by atoms with Crippen molar-refractivity contribution in [2.45, 2.75) is 12.8 Å². The van der Waals surface area contributed by atoms with Gasteiger partial charge in [-0.05, 0) is 18.9 Å². The Labute approximate surface area is 112 Å². The lowest BCUT2D eigenvalue weighted by Gasteiger charge is -2.21. The quantitative estimate of drug-likeness (QED) is 0.786. The maximum Gasteiger partial charge on any atom is 0.225 e. The molecule has 0 N–H and O–H groups in total. The Morgan fingerprint density at radius 2 is 1.68 bits per heavy atom. The minimum atomic E-state index is 0.354. The van der Waals surface area contributed by atoms with Crippen molar-refractivity contribution in [3.05, 3.63) is 18.5 Å². The Morgan fingerprint density at radius 3 is 2.26 bits per heavy atom. The van der Waals surface area contributed by atoms with Gasteiger partial charge in [0.1, 0.15) is 0 Å². The Balaban J connectivity index is 1.41. The molecular weight excluding hydrogens is 240 g/mol. The lowest BCUT2D eigenvalue weighted by atomic mass is 10.0. The lowest BCUT2D eigenvalue weighted by Crippen LogP contribution is -2.34. The third-order valence-corrected chi connectivity index (χ3v) is 4.56. The average Bonchev–Trinajstić information content (AvgIpc) is 3.09. The minimum Gasteiger partial charge on any atom is -0.342 e. The normalized spacial score (nSPS) is 29.7. The summed E-state index contributed by atoms with van der Waals surface area (Å²) in [4.78, 5) is 25.1. The second-order valence-corrected chi connectivity index (χ2v) is 5.99. The molecule has 0 spiro atoms. The molecule has 0 radical (unpaired) electrons. The highest BCUT2D eigenvalue weighted by atomic mass is 16.2. The predicted octanol–water partition coefficient (Wildman–Crippen LogP) is 0.781. The van der Waals surface area contributed by atoms with Crippen LogP contribution in [0.15, 0.2) is 18.5 Å². The van der Waals surface area contributed by atoms with Crippen LogP contribution < -0.4 is 4.90 Å². The number of hydrogen-bond acceptors (Lipinski definition) is 4. The number of rotatable bonds is 2. The molecule has 1 aromatic rings. The number of anilines is 1. The van der Waals surface area contributed by atoms with Gasteiger partial charge in [0.15, 0.2) is 0 Å². The summed E-state index contributed by atoms with van der Waals surface area (Å²) >= 11 is 0. The van der Waals surface area contributed by atoms with Crippen molar-refractivity contribution in [1.82, 2.24) is 14.9 Å². The van der Waals surface area contributed by atoms with Gasteiger partial charge < -0.3 is 9.80 Å². The summed E-state index contributed by atoms with van der Waals surface area (Å²) in [5.41, 5.74) is 0. The van der Waals surface area contributed by atoms with Crippen molar-refractivity contribution in [1.29, 1.82) is 0 Å². The first-order valence-electron chi connectivity index (χ1n) is 7.12. The summed E-state index contributed by atoms with van der Waals surface area (Å²) in [7, 11) is 0. The number of fused-ring (bicyclic) bond motifs is 1. The van der Waals surface area contributed by atoms with Gasteiger partial charge >= 0.3 is 0 Å². The SMILES string of the molecule is O=C(C1CC1)N1CC2CN(c3ncccn3)CC2C1. The van der Waals surface area contributed by atoms with Crippen LogP contribution in [0.2, 0.25) is 0 Å². The number of likely N-dealkylation sites (tertiary alicyclic amines) is 1. The first-order chi connectivity index (χ1) is 9.31. The van der Waals surface area contributed by atoms with Crippen molar-refractivity contribution >= 4 is 11.9 Å². The lowest BCUT2D eigenvalue weighted by molar-refractivity contribution is -0.131. The Bertz CT molecular complexity index is 473. The van der Waals surface area contributed by atoms with Gasteiger partial charge in [-0.1, -0.05) is 0 Å². The van der Waals surface area contributed by atoms with Gasteiger partial charge in [0.2, 0.25) is 11.9 Å². The molecule has 19 heavy (non-hydrogen) atoms. The fourth-order valence-corrected chi connectivity index (χ4v) is 3.38. The second kappa shape index (κ2) is 4.18. The van der Waals surface area contributed by atoms with E-state index in [0.717, 1.165) is 45.0 Å². The minimum absolute atomic E-state index is 0.354. The smallest absolute Gasteiger partial charge is 0.225 e. The molecule has 1 aliphatic carbocycles. The highest BCUT2D eigenvalue weighted by Crippen LogP contribution is 2.37. The summed E-state index contributed by atoms with van der Waals surface area (Å²) in [5.74, 6) is 2.79. The Morgan fingerprint density at radius 1 is 1.05 bits per heavy atom. The number of carbonyl (C=O) groups is 1. The van der Waals surface area contributed by atoms with Crippen molar-refractivity contribution in [3.8, 4) is 0 Å². The van der Waals surface area contributed by atoms with Gasteiger partial charge in [-0.3, -0.25) is 4.79 Å². The second-order valence-electron chi connectivity index (χ2n) is 5.99. The summed E-state index contributed by atoms with van der Waals surface area (Å²) in [5, 5.41) is 0. The third-order valence-electron chi connectivity index (χ3n) is 4.56. The highest BCUT2D eigenvalue weighted by Gasteiger charge is 2.44. The molecule has 1 saturated carbocycles. The molecule has 2 saturated heterocycles. The molecule has 1 amide bonds. The van der Waals surface area contributed by atoms with E-state index in [0.29, 0.717) is 23.7 Å². The van der Waals surface area contributed by atoms with Crippen LogP contribution in [0, 0.1) is 17.8 Å². The molecule has 3 heterocycles. The predicted molar refractivity (Wildman–Crippen MR) is 70.5 cm³/mol. The van der Waals surface area contributed by atoms with E-state index in [1.54, 1.807) is 12.4 Å².